The molecule has 2 aromatic heterocycles. The predicted molar refractivity (Wildman–Crippen MR) is 114 cm³/mol. The highest BCUT2D eigenvalue weighted by Gasteiger charge is 2.13. The molecule has 0 atom stereocenters. The van der Waals surface area contributed by atoms with Crippen LogP contribution >= 0.6 is 0 Å². The number of nitrogens with one attached hydrogen (secondary N) is 2. The Morgan fingerprint density at radius 1 is 1.07 bits per heavy atom. The number of anilines is 3. The maximum absolute atomic E-state index is 12.7. The minimum atomic E-state index is -0.152. The molecule has 6 nitrogen and oxygen atoms in total. The molecule has 144 valence electrons. The van der Waals surface area contributed by atoms with Crippen molar-refractivity contribution < 1.29 is 4.79 Å². The van der Waals surface area contributed by atoms with Crippen LogP contribution in [0.15, 0.2) is 60.9 Å². The quantitative estimate of drug-likeness (QED) is 0.658. The number of hydrogen-bond acceptors (Lipinski definition) is 5. The normalized spacial score (nSPS) is 10.4. The Labute approximate surface area is 165 Å². The van der Waals surface area contributed by atoms with Crippen LogP contribution in [-0.2, 0) is 6.42 Å². The molecule has 0 aliphatic heterocycles. The lowest BCUT2D eigenvalue weighted by Crippen LogP contribution is -2.18. The third kappa shape index (κ3) is 5.07. The maximum Gasteiger partial charge on any atom is 0.257 e. The first-order valence-corrected chi connectivity index (χ1v) is 9.22. The first-order chi connectivity index (χ1) is 13.5. The molecule has 0 radical (unpaired) electrons. The molecule has 1 aromatic carbocycles. The van der Waals surface area contributed by atoms with E-state index >= 15 is 0 Å². The summed E-state index contributed by atoms with van der Waals surface area (Å²) in [6.07, 6.45) is 4.27. The highest BCUT2D eigenvalue weighted by molar-refractivity contribution is 6.08. The second-order valence-corrected chi connectivity index (χ2v) is 6.80. The van der Waals surface area contributed by atoms with Crippen molar-refractivity contribution in [2.45, 2.75) is 13.3 Å². The lowest BCUT2D eigenvalue weighted by molar-refractivity contribution is 0.102. The van der Waals surface area contributed by atoms with Crippen molar-refractivity contribution in [1.82, 2.24) is 9.97 Å². The zero-order chi connectivity index (χ0) is 19.9. The van der Waals surface area contributed by atoms with Crippen molar-refractivity contribution in [3.63, 3.8) is 0 Å². The molecule has 0 saturated heterocycles. The van der Waals surface area contributed by atoms with E-state index in [0.717, 1.165) is 35.7 Å². The number of carbonyl (C=O) groups excluding carboxylic acids is 1. The Morgan fingerprint density at radius 2 is 1.93 bits per heavy atom. The van der Waals surface area contributed by atoms with Gasteiger partial charge in [0.2, 0.25) is 0 Å². The summed E-state index contributed by atoms with van der Waals surface area (Å²) in [5.74, 6) is 0.611. The molecular formula is C22H25N5O. The zero-order valence-electron chi connectivity index (χ0n) is 16.4. The maximum atomic E-state index is 12.7. The smallest absolute Gasteiger partial charge is 0.257 e. The Kier molecular flexibility index (Phi) is 6.22. The van der Waals surface area contributed by atoms with Crippen LogP contribution in [0.2, 0.25) is 0 Å². The Hall–Kier alpha value is -3.41. The molecular weight excluding hydrogens is 350 g/mol. The summed E-state index contributed by atoms with van der Waals surface area (Å²) in [4.78, 5) is 23.3. The number of pyridine rings is 2. The highest BCUT2D eigenvalue weighted by atomic mass is 16.1. The molecule has 0 bridgehead atoms. The van der Waals surface area contributed by atoms with Crippen molar-refractivity contribution in [1.29, 1.82) is 0 Å². The topological polar surface area (TPSA) is 70.1 Å². The minimum absolute atomic E-state index is 0.152. The summed E-state index contributed by atoms with van der Waals surface area (Å²) in [5, 5.41) is 6.18. The Balaban J connectivity index is 1.59. The minimum Gasteiger partial charge on any atom is -0.377 e. The van der Waals surface area contributed by atoms with E-state index in [0.29, 0.717) is 11.3 Å². The number of rotatable bonds is 7. The molecule has 1 amide bonds. The van der Waals surface area contributed by atoms with Crippen LogP contribution < -0.4 is 15.5 Å². The van der Waals surface area contributed by atoms with E-state index in [1.807, 2.05) is 74.4 Å². The van der Waals surface area contributed by atoms with Crippen LogP contribution in [0.5, 0.6) is 0 Å². The van der Waals surface area contributed by atoms with Crippen molar-refractivity contribution in [3.05, 3.63) is 77.7 Å². The number of hydrogen-bond donors (Lipinski definition) is 2. The van der Waals surface area contributed by atoms with Crippen LogP contribution in [0.25, 0.3) is 0 Å². The second kappa shape index (κ2) is 8.99. The fourth-order valence-corrected chi connectivity index (χ4v) is 2.84. The van der Waals surface area contributed by atoms with Gasteiger partial charge in [-0.3, -0.25) is 9.78 Å². The molecule has 0 aliphatic carbocycles. The zero-order valence-corrected chi connectivity index (χ0v) is 16.4. The van der Waals surface area contributed by atoms with Crippen molar-refractivity contribution in [3.8, 4) is 0 Å². The fraction of sp³-hybridized carbons (Fsp3) is 0.227. The third-order valence-electron chi connectivity index (χ3n) is 4.31. The van der Waals surface area contributed by atoms with E-state index in [4.69, 9.17) is 0 Å². The van der Waals surface area contributed by atoms with Crippen molar-refractivity contribution in [2.24, 2.45) is 0 Å². The summed E-state index contributed by atoms with van der Waals surface area (Å²) >= 11 is 0. The van der Waals surface area contributed by atoms with Crippen LogP contribution in [0.1, 0.15) is 21.6 Å². The highest BCUT2D eigenvalue weighted by Crippen LogP contribution is 2.22. The number of nitrogens with zero attached hydrogens (tertiary/aromatic N) is 3. The van der Waals surface area contributed by atoms with E-state index in [1.54, 1.807) is 12.4 Å². The predicted octanol–water partition coefficient (Wildman–Crippen LogP) is 3.76. The molecule has 6 heteroatoms. The number of aromatic nitrogens is 2. The van der Waals surface area contributed by atoms with Gasteiger partial charge in [0.15, 0.2) is 0 Å². The van der Waals surface area contributed by atoms with Gasteiger partial charge in [-0.25, -0.2) is 4.98 Å². The van der Waals surface area contributed by atoms with Gasteiger partial charge in [0.1, 0.15) is 5.82 Å². The SMILES string of the molecule is Cc1ccc(C(=O)Nc2ccc(NCCc3ccccn3)nc2)c(N(C)C)c1. The van der Waals surface area contributed by atoms with Gasteiger partial charge in [-0.2, -0.15) is 0 Å². The number of aryl methyl sites for hydroxylation is 1. The first kappa shape index (κ1) is 19.4. The summed E-state index contributed by atoms with van der Waals surface area (Å²) in [7, 11) is 3.86. The van der Waals surface area contributed by atoms with Gasteiger partial charge >= 0.3 is 0 Å². The van der Waals surface area contributed by atoms with Gasteiger partial charge in [-0.1, -0.05) is 12.1 Å². The van der Waals surface area contributed by atoms with Gasteiger partial charge in [0, 0.05) is 44.6 Å². The molecule has 0 fully saturated rings. The van der Waals surface area contributed by atoms with Crippen LogP contribution in [0.4, 0.5) is 17.2 Å². The molecule has 0 saturated carbocycles. The molecule has 0 unspecified atom stereocenters. The Bertz CT molecular complexity index is 923. The molecule has 2 heterocycles. The van der Waals surface area contributed by atoms with E-state index in [9.17, 15) is 4.79 Å². The van der Waals surface area contributed by atoms with E-state index < -0.39 is 0 Å². The van der Waals surface area contributed by atoms with Crippen LogP contribution in [0.3, 0.4) is 0 Å². The molecule has 0 aliphatic rings. The molecule has 2 N–H and O–H groups in total. The average molecular weight is 375 g/mol. The standard InChI is InChI=1S/C22H25N5O/c1-16-7-9-19(20(14-16)27(2)3)22(28)26-18-8-10-21(25-15-18)24-13-11-17-6-4-5-12-23-17/h4-10,12,14-15H,11,13H2,1-3H3,(H,24,25)(H,26,28). The van der Waals surface area contributed by atoms with Crippen LogP contribution in [-0.4, -0.2) is 36.5 Å². The van der Waals surface area contributed by atoms with E-state index in [-0.39, 0.29) is 5.91 Å². The molecule has 0 spiro atoms. The van der Waals surface area contributed by atoms with E-state index in [2.05, 4.69) is 20.6 Å². The van der Waals surface area contributed by atoms with Crippen molar-refractivity contribution in [2.75, 3.05) is 36.2 Å². The fourth-order valence-electron chi connectivity index (χ4n) is 2.84. The molecule has 3 rings (SSSR count). The Morgan fingerprint density at radius 3 is 2.61 bits per heavy atom. The third-order valence-corrected chi connectivity index (χ3v) is 4.31. The molecule has 3 aromatic rings. The van der Waals surface area contributed by atoms with Gasteiger partial charge < -0.3 is 15.5 Å². The number of benzene rings is 1. The van der Waals surface area contributed by atoms with Crippen molar-refractivity contribution >= 4 is 23.1 Å². The largest absolute Gasteiger partial charge is 0.377 e. The summed E-state index contributed by atoms with van der Waals surface area (Å²) in [6, 6.07) is 15.4. The number of carbonyl (C=O) groups is 1. The lowest BCUT2D eigenvalue weighted by atomic mass is 10.1. The summed E-state index contributed by atoms with van der Waals surface area (Å²) in [6.45, 7) is 2.75. The van der Waals surface area contributed by atoms with Gasteiger partial charge in [0.25, 0.3) is 5.91 Å². The van der Waals surface area contributed by atoms with Crippen LogP contribution in [0, 0.1) is 6.92 Å². The monoisotopic (exact) mass is 375 g/mol. The second-order valence-electron chi connectivity index (χ2n) is 6.80. The summed E-state index contributed by atoms with van der Waals surface area (Å²) in [5.41, 5.74) is 4.33. The van der Waals surface area contributed by atoms with Gasteiger partial charge in [-0.05, 0) is 48.9 Å². The first-order valence-electron chi connectivity index (χ1n) is 9.22. The molecule has 28 heavy (non-hydrogen) atoms. The number of amides is 1. The van der Waals surface area contributed by atoms with Gasteiger partial charge in [0.05, 0.1) is 17.4 Å². The summed E-state index contributed by atoms with van der Waals surface area (Å²) < 4.78 is 0. The average Bonchev–Trinajstić information content (AvgIpc) is 2.70. The van der Waals surface area contributed by atoms with Gasteiger partial charge in [-0.15, -0.1) is 0 Å². The lowest BCUT2D eigenvalue weighted by Gasteiger charge is -2.18. The van der Waals surface area contributed by atoms with E-state index in [1.165, 1.54) is 0 Å².